The zero-order valence-electron chi connectivity index (χ0n) is 20.1. The molecule has 0 atom stereocenters. The summed E-state index contributed by atoms with van der Waals surface area (Å²) in [6.07, 6.45) is 0. The number of amidine groups is 1. The number of amides is 1. The first-order chi connectivity index (χ1) is 16.4. The van der Waals surface area contributed by atoms with Crippen LogP contribution in [-0.2, 0) is 9.53 Å². The van der Waals surface area contributed by atoms with E-state index in [0.717, 1.165) is 5.57 Å². The molecule has 0 saturated heterocycles. The Balaban J connectivity index is 0.000000641. The molecule has 2 aromatic rings. The van der Waals surface area contributed by atoms with Crippen LogP contribution in [0.1, 0.15) is 38.1 Å². The number of nitrogens with one attached hydrogen (secondary N) is 2. The first-order valence-corrected chi connectivity index (χ1v) is 10.8. The maximum Gasteiger partial charge on any atom is 0.302 e. The van der Waals surface area contributed by atoms with Crippen molar-refractivity contribution in [2.45, 2.75) is 33.2 Å². The normalized spacial score (nSPS) is 14.6. The van der Waals surface area contributed by atoms with Crippen LogP contribution in [0.2, 0.25) is 0 Å². The number of anilines is 1. The number of nitrogens with two attached hydrogens (primary N) is 2. The van der Waals surface area contributed by atoms with Gasteiger partial charge in [0.05, 0.1) is 22.8 Å². The molecule has 0 aromatic heterocycles. The lowest BCUT2D eigenvalue weighted by atomic mass is 10.0. The molecule has 11 nitrogen and oxygen atoms in total. The lowest BCUT2D eigenvalue weighted by molar-refractivity contribution is -0.384. The maximum atomic E-state index is 12.4. The van der Waals surface area contributed by atoms with Crippen molar-refractivity contribution >= 4 is 34.8 Å². The summed E-state index contributed by atoms with van der Waals surface area (Å²) >= 11 is 0. The summed E-state index contributed by atoms with van der Waals surface area (Å²) in [5, 5.41) is 16.7. The summed E-state index contributed by atoms with van der Waals surface area (Å²) in [6, 6.07) is 12.3. The third-order valence-corrected chi connectivity index (χ3v) is 5.06. The van der Waals surface area contributed by atoms with Crippen LogP contribution in [0.3, 0.4) is 0 Å². The summed E-state index contributed by atoms with van der Waals surface area (Å²) in [5.74, 6) is -0.278. The van der Waals surface area contributed by atoms with Crippen molar-refractivity contribution in [3.63, 3.8) is 0 Å². The van der Waals surface area contributed by atoms with E-state index < -0.39 is 4.92 Å². The molecule has 0 fully saturated rings. The van der Waals surface area contributed by atoms with Crippen molar-refractivity contribution in [1.29, 1.82) is 0 Å². The average molecular weight is 483 g/mol. The van der Waals surface area contributed by atoms with Gasteiger partial charge in [-0.1, -0.05) is 6.07 Å². The Morgan fingerprint density at radius 3 is 2.37 bits per heavy atom. The summed E-state index contributed by atoms with van der Waals surface area (Å²) in [4.78, 5) is 36.8. The van der Waals surface area contributed by atoms with Gasteiger partial charge in [0.2, 0.25) is 0 Å². The van der Waals surface area contributed by atoms with Crippen LogP contribution in [0.15, 0.2) is 64.8 Å². The lowest BCUT2D eigenvalue weighted by Crippen LogP contribution is -2.38. The number of nitro benzene ring substituents is 1. The average Bonchev–Trinajstić information content (AvgIpc) is 3.07. The topological polar surface area (TPSA) is 175 Å². The number of nitrogens with zero attached hydrogens (tertiary/aromatic N) is 2. The van der Waals surface area contributed by atoms with Gasteiger partial charge in [0.1, 0.15) is 5.84 Å². The number of rotatable bonds is 6. The molecule has 0 saturated carbocycles. The Labute approximate surface area is 203 Å². The summed E-state index contributed by atoms with van der Waals surface area (Å²) in [6.45, 7) is 8.12. The van der Waals surface area contributed by atoms with Crippen molar-refractivity contribution in [1.82, 2.24) is 5.32 Å². The Morgan fingerprint density at radius 1 is 1.23 bits per heavy atom. The minimum Gasteiger partial charge on any atom is -0.466 e. The van der Waals surface area contributed by atoms with E-state index in [2.05, 4.69) is 20.4 Å². The van der Waals surface area contributed by atoms with Crippen LogP contribution >= 0.6 is 0 Å². The van der Waals surface area contributed by atoms with E-state index in [1.807, 2.05) is 13.8 Å². The number of benzene rings is 2. The highest BCUT2D eigenvalue weighted by Gasteiger charge is 2.31. The van der Waals surface area contributed by atoms with Gasteiger partial charge in [-0.05, 0) is 51.1 Å². The SMILES string of the molecule is CC1(C)NCC(C(N)=Nc2cccc(NC(=O)c3ccc([N+](=O)[O-])cc3)c2)=C1N.CCOC(C)=O. The molecule has 0 unspecified atom stereocenters. The van der Waals surface area contributed by atoms with Crippen molar-refractivity contribution in [2.24, 2.45) is 16.5 Å². The van der Waals surface area contributed by atoms with Gasteiger partial charge in [-0.25, -0.2) is 4.99 Å². The smallest absolute Gasteiger partial charge is 0.302 e. The van der Waals surface area contributed by atoms with E-state index in [1.54, 1.807) is 31.2 Å². The van der Waals surface area contributed by atoms with Gasteiger partial charge in [-0.3, -0.25) is 19.7 Å². The van der Waals surface area contributed by atoms with Crippen molar-refractivity contribution in [3.05, 3.63) is 75.5 Å². The molecule has 6 N–H and O–H groups in total. The predicted molar refractivity (Wildman–Crippen MR) is 134 cm³/mol. The highest BCUT2D eigenvalue weighted by molar-refractivity contribution is 6.05. The van der Waals surface area contributed by atoms with E-state index in [4.69, 9.17) is 11.5 Å². The number of carbonyl (C=O) groups excluding carboxylic acids is 2. The molecule has 0 radical (unpaired) electrons. The fourth-order valence-corrected chi connectivity index (χ4v) is 3.11. The predicted octanol–water partition coefficient (Wildman–Crippen LogP) is 3.00. The number of esters is 1. The second-order valence-electron chi connectivity index (χ2n) is 8.10. The third-order valence-electron chi connectivity index (χ3n) is 5.06. The van der Waals surface area contributed by atoms with Gasteiger partial charge in [0.15, 0.2) is 0 Å². The Hall–Kier alpha value is -4.25. The standard InChI is InChI=1S/C20H22N6O3.C4H8O2/c1-20(2)17(21)16(11-23-20)18(22)24-13-4-3-5-14(10-13)25-19(27)12-6-8-15(9-7-12)26(28)29;1-3-6-4(2)5/h3-10,23H,11,21H2,1-2H3,(H2,22,24)(H,25,27);3H2,1-2H3. The molecule has 1 heterocycles. The van der Waals surface area contributed by atoms with Gasteiger partial charge in [0.25, 0.3) is 11.6 Å². The van der Waals surface area contributed by atoms with Crippen LogP contribution in [0.4, 0.5) is 17.1 Å². The molecule has 2 aromatic carbocycles. The molecule has 3 rings (SSSR count). The highest BCUT2D eigenvalue weighted by Crippen LogP contribution is 2.24. The zero-order valence-corrected chi connectivity index (χ0v) is 20.1. The minimum atomic E-state index is -0.517. The maximum absolute atomic E-state index is 12.4. The highest BCUT2D eigenvalue weighted by atomic mass is 16.6. The number of non-ortho nitro benzene ring substituents is 1. The zero-order chi connectivity index (χ0) is 26.2. The van der Waals surface area contributed by atoms with Crippen LogP contribution < -0.4 is 22.1 Å². The van der Waals surface area contributed by atoms with Gasteiger partial charge < -0.3 is 26.8 Å². The summed E-state index contributed by atoms with van der Waals surface area (Å²) in [5.41, 5.74) is 14.7. The van der Waals surface area contributed by atoms with Crippen LogP contribution in [-0.4, -0.2) is 41.3 Å². The van der Waals surface area contributed by atoms with E-state index in [9.17, 15) is 19.7 Å². The monoisotopic (exact) mass is 482 g/mol. The lowest BCUT2D eigenvalue weighted by Gasteiger charge is -2.19. The van der Waals surface area contributed by atoms with E-state index >= 15 is 0 Å². The van der Waals surface area contributed by atoms with Crippen LogP contribution in [0.25, 0.3) is 0 Å². The molecule has 1 aliphatic rings. The minimum absolute atomic E-state index is 0.0773. The van der Waals surface area contributed by atoms with Crippen LogP contribution in [0, 0.1) is 10.1 Å². The molecule has 0 aliphatic carbocycles. The molecular weight excluding hydrogens is 452 g/mol. The fraction of sp³-hybridized carbons (Fsp3) is 0.292. The summed E-state index contributed by atoms with van der Waals surface area (Å²) < 4.78 is 4.40. The molecule has 0 spiro atoms. The molecule has 1 aliphatic heterocycles. The number of carbonyl (C=O) groups is 2. The second-order valence-corrected chi connectivity index (χ2v) is 8.10. The van der Waals surface area contributed by atoms with Crippen molar-refractivity contribution in [2.75, 3.05) is 18.5 Å². The first-order valence-electron chi connectivity index (χ1n) is 10.8. The number of hydrogen-bond donors (Lipinski definition) is 4. The number of ether oxygens (including phenoxy) is 1. The Bertz CT molecular complexity index is 1160. The molecular formula is C24H30N6O5. The first kappa shape index (κ1) is 27.0. The van der Waals surface area contributed by atoms with Gasteiger partial charge in [-0.2, -0.15) is 0 Å². The second kappa shape index (κ2) is 11.7. The van der Waals surface area contributed by atoms with Gasteiger partial charge in [0, 0.05) is 48.1 Å². The number of aliphatic imine (C=N–C) groups is 1. The van der Waals surface area contributed by atoms with Gasteiger partial charge in [-0.15, -0.1) is 0 Å². The van der Waals surface area contributed by atoms with Crippen molar-refractivity contribution in [3.8, 4) is 0 Å². The van der Waals surface area contributed by atoms with E-state index in [-0.39, 0.29) is 23.1 Å². The molecule has 11 heteroatoms. The Morgan fingerprint density at radius 2 is 1.89 bits per heavy atom. The van der Waals surface area contributed by atoms with E-state index in [0.29, 0.717) is 41.6 Å². The van der Waals surface area contributed by atoms with Crippen LogP contribution in [0.5, 0.6) is 0 Å². The summed E-state index contributed by atoms with van der Waals surface area (Å²) in [7, 11) is 0. The molecule has 1 amide bonds. The Kier molecular flexibility index (Phi) is 9.06. The number of nitro groups is 1. The number of hydrogen-bond acceptors (Lipinski definition) is 8. The quantitative estimate of drug-likeness (QED) is 0.160. The third kappa shape index (κ3) is 7.64. The molecule has 35 heavy (non-hydrogen) atoms. The fourth-order valence-electron chi connectivity index (χ4n) is 3.11. The van der Waals surface area contributed by atoms with Gasteiger partial charge >= 0.3 is 5.97 Å². The molecule has 186 valence electrons. The van der Waals surface area contributed by atoms with E-state index in [1.165, 1.54) is 31.2 Å². The molecule has 0 bridgehead atoms. The van der Waals surface area contributed by atoms with Crippen molar-refractivity contribution < 1.29 is 19.2 Å². The largest absolute Gasteiger partial charge is 0.466 e.